The van der Waals surface area contributed by atoms with Crippen LogP contribution in [0.25, 0.3) is 0 Å². The molecule has 0 bridgehead atoms. The summed E-state index contributed by atoms with van der Waals surface area (Å²) in [5.41, 5.74) is 5.56. The number of primary amides is 1. The zero-order valence-corrected chi connectivity index (χ0v) is 14.6. The van der Waals surface area contributed by atoms with Crippen LogP contribution in [0.15, 0.2) is 36.5 Å². The average Bonchev–Trinajstić information content (AvgIpc) is 3.10. The first kappa shape index (κ1) is 18.1. The number of nitrogens with zero attached hydrogens (tertiary/aromatic N) is 2. The van der Waals surface area contributed by atoms with Crippen LogP contribution in [-0.2, 0) is 0 Å². The van der Waals surface area contributed by atoms with E-state index < -0.39 is 11.7 Å². The Bertz CT molecular complexity index is 846. The molecule has 26 heavy (non-hydrogen) atoms. The molecule has 1 aliphatic rings. The maximum atomic E-state index is 13.6. The number of rotatable bonds is 5. The highest BCUT2D eigenvalue weighted by Crippen LogP contribution is 2.24. The molecule has 0 saturated carbocycles. The van der Waals surface area contributed by atoms with E-state index in [0.717, 1.165) is 18.9 Å². The van der Waals surface area contributed by atoms with Gasteiger partial charge in [0, 0.05) is 18.3 Å². The molecule has 1 atom stereocenters. The van der Waals surface area contributed by atoms with Crippen molar-refractivity contribution in [3.8, 4) is 5.75 Å². The molecule has 3 rings (SSSR count). The molecule has 0 unspecified atom stereocenters. The lowest BCUT2D eigenvalue weighted by molar-refractivity contribution is 0.0688. The number of amides is 2. The Balaban J connectivity index is 1.71. The molecule has 136 valence electrons. The molecule has 0 radical (unpaired) electrons. The second-order valence-corrected chi connectivity index (χ2v) is 6.36. The summed E-state index contributed by atoms with van der Waals surface area (Å²) < 4.78 is 19.3. The number of hydrogen-bond donors (Lipinski definition) is 1. The molecule has 2 heterocycles. The minimum Gasteiger partial charge on any atom is -0.489 e. The predicted molar refractivity (Wildman–Crippen MR) is 93.7 cm³/mol. The summed E-state index contributed by atoms with van der Waals surface area (Å²) in [5.74, 6) is -1.33. The second-order valence-electron chi connectivity index (χ2n) is 5.95. The van der Waals surface area contributed by atoms with Crippen LogP contribution in [0.5, 0.6) is 5.75 Å². The quantitative estimate of drug-likeness (QED) is 0.868. The summed E-state index contributed by atoms with van der Waals surface area (Å²) in [6, 6.07) is 7.03. The van der Waals surface area contributed by atoms with E-state index in [1.54, 1.807) is 17.0 Å². The Labute approximate surface area is 154 Å². The van der Waals surface area contributed by atoms with Gasteiger partial charge in [0.05, 0.1) is 11.1 Å². The number of hydrogen-bond acceptors (Lipinski definition) is 4. The van der Waals surface area contributed by atoms with Gasteiger partial charge in [0.1, 0.15) is 12.4 Å². The van der Waals surface area contributed by atoms with Gasteiger partial charge in [-0.1, -0.05) is 11.6 Å². The van der Waals surface area contributed by atoms with Gasteiger partial charge >= 0.3 is 0 Å². The van der Waals surface area contributed by atoms with Crippen molar-refractivity contribution in [1.29, 1.82) is 0 Å². The average molecular weight is 378 g/mol. The minimum absolute atomic E-state index is 0.0292. The van der Waals surface area contributed by atoms with Crippen molar-refractivity contribution in [2.75, 3.05) is 13.2 Å². The van der Waals surface area contributed by atoms with Gasteiger partial charge in [0.25, 0.3) is 11.8 Å². The van der Waals surface area contributed by atoms with Crippen LogP contribution in [0, 0.1) is 5.82 Å². The van der Waals surface area contributed by atoms with Crippen LogP contribution < -0.4 is 10.5 Å². The Hall–Kier alpha value is -2.67. The summed E-state index contributed by atoms with van der Waals surface area (Å²) in [5, 5.41) is -0.0292. The van der Waals surface area contributed by atoms with Gasteiger partial charge in [0.15, 0.2) is 11.4 Å². The summed E-state index contributed by atoms with van der Waals surface area (Å²) in [6.45, 7) is 0.737. The molecule has 2 aromatic rings. The molecule has 2 N–H and O–H groups in total. The van der Waals surface area contributed by atoms with Crippen LogP contribution in [0.1, 0.15) is 33.7 Å². The lowest BCUT2D eigenvalue weighted by Crippen LogP contribution is -2.39. The summed E-state index contributed by atoms with van der Waals surface area (Å²) >= 11 is 5.67. The van der Waals surface area contributed by atoms with Gasteiger partial charge in [-0.15, -0.1) is 0 Å². The van der Waals surface area contributed by atoms with Crippen molar-refractivity contribution in [1.82, 2.24) is 9.88 Å². The van der Waals surface area contributed by atoms with Crippen LogP contribution >= 0.6 is 11.6 Å². The molecule has 0 aliphatic carbocycles. The third-order valence-corrected chi connectivity index (χ3v) is 4.55. The van der Waals surface area contributed by atoms with E-state index in [4.69, 9.17) is 22.1 Å². The zero-order valence-electron chi connectivity index (χ0n) is 13.8. The normalized spacial score (nSPS) is 16.5. The fourth-order valence-corrected chi connectivity index (χ4v) is 3.07. The Kier molecular flexibility index (Phi) is 5.37. The molecule has 0 spiro atoms. The van der Waals surface area contributed by atoms with Crippen LogP contribution in [0.2, 0.25) is 5.02 Å². The highest BCUT2D eigenvalue weighted by atomic mass is 35.5. The first-order valence-electron chi connectivity index (χ1n) is 8.11. The number of carbonyl (C=O) groups excluding carboxylic acids is 2. The van der Waals surface area contributed by atoms with Gasteiger partial charge in [-0.3, -0.25) is 9.59 Å². The van der Waals surface area contributed by atoms with Gasteiger partial charge in [-0.2, -0.15) is 0 Å². The molecule has 8 heteroatoms. The predicted octanol–water partition coefficient (Wildman–Crippen LogP) is 2.66. The molecule has 1 aromatic heterocycles. The number of likely N-dealkylation sites (tertiary alicyclic amines) is 1. The lowest BCUT2D eigenvalue weighted by Gasteiger charge is -2.25. The zero-order chi connectivity index (χ0) is 18.7. The van der Waals surface area contributed by atoms with Gasteiger partial charge in [-0.25, -0.2) is 9.37 Å². The molecular weight excluding hydrogens is 361 g/mol. The molecule has 6 nitrogen and oxygen atoms in total. The highest BCUT2D eigenvalue weighted by molar-refractivity contribution is 6.30. The number of halogens is 2. The lowest BCUT2D eigenvalue weighted by atomic mass is 10.1. The van der Waals surface area contributed by atoms with Crippen LogP contribution in [0.3, 0.4) is 0 Å². The van der Waals surface area contributed by atoms with Gasteiger partial charge < -0.3 is 15.4 Å². The van der Waals surface area contributed by atoms with Crippen molar-refractivity contribution in [3.63, 3.8) is 0 Å². The molecule has 1 aliphatic heterocycles. The summed E-state index contributed by atoms with van der Waals surface area (Å²) in [7, 11) is 0. The van der Waals surface area contributed by atoms with Crippen LogP contribution in [0.4, 0.5) is 4.39 Å². The van der Waals surface area contributed by atoms with Crippen molar-refractivity contribution in [2.24, 2.45) is 5.73 Å². The molecule has 1 fully saturated rings. The van der Waals surface area contributed by atoms with E-state index in [1.807, 2.05) is 0 Å². The van der Waals surface area contributed by atoms with Crippen LogP contribution in [-0.4, -0.2) is 40.9 Å². The standard InChI is InChI=1S/C18H17ClFN3O3/c19-13-6-5-11(9-14(13)20)18(25)23-8-2-3-12(23)10-26-15-4-1-7-22-16(15)17(21)24/h1,4-7,9,12H,2-3,8,10H2,(H2,21,24)/t12-/m1/s1. The number of carbonyl (C=O) groups is 2. The third-order valence-electron chi connectivity index (χ3n) is 4.24. The third kappa shape index (κ3) is 3.77. The summed E-state index contributed by atoms with van der Waals surface area (Å²) in [6.07, 6.45) is 3.01. The number of pyridine rings is 1. The van der Waals surface area contributed by atoms with Gasteiger partial charge in [0.2, 0.25) is 0 Å². The minimum atomic E-state index is -0.684. The van der Waals surface area contributed by atoms with E-state index >= 15 is 0 Å². The highest BCUT2D eigenvalue weighted by Gasteiger charge is 2.30. The fourth-order valence-electron chi connectivity index (χ4n) is 2.95. The maximum Gasteiger partial charge on any atom is 0.271 e. The first-order chi connectivity index (χ1) is 12.5. The fraction of sp³-hybridized carbons (Fsp3) is 0.278. The van der Waals surface area contributed by atoms with Crippen molar-refractivity contribution >= 4 is 23.4 Å². The molecular formula is C18H17ClFN3O3. The van der Waals surface area contributed by atoms with Crippen molar-refractivity contribution < 1.29 is 18.7 Å². The monoisotopic (exact) mass is 377 g/mol. The van der Waals surface area contributed by atoms with E-state index in [0.29, 0.717) is 6.54 Å². The molecule has 1 saturated heterocycles. The first-order valence-corrected chi connectivity index (χ1v) is 8.49. The summed E-state index contributed by atoms with van der Waals surface area (Å²) in [4.78, 5) is 29.6. The Morgan fingerprint density at radius 3 is 2.92 bits per heavy atom. The van der Waals surface area contributed by atoms with E-state index in [-0.39, 0.29) is 40.6 Å². The Morgan fingerprint density at radius 2 is 2.19 bits per heavy atom. The largest absolute Gasteiger partial charge is 0.489 e. The van der Waals surface area contributed by atoms with Crippen molar-refractivity contribution in [3.05, 3.63) is 58.6 Å². The number of aromatic nitrogens is 1. The number of ether oxygens (including phenoxy) is 1. The topological polar surface area (TPSA) is 85.5 Å². The molecule has 2 amide bonds. The molecule has 1 aromatic carbocycles. The van der Waals surface area contributed by atoms with Gasteiger partial charge in [-0.05, 0) is 43.2 Å². The van der Waals surface area contributed by atoms with Crippen molar-refractivity contribution in [2.45, 2.75) is 18.9 Å². The van der Waals surface area contributed by atoms with E-state index in [2.05, 4.69) is 4.98 Å². The maximum absolute atomic E-state index is 13.6. The number of nitrogens with two attached hydrogens (primary N) is 1. The number of benzene rings is 1. The van der Waals surface area contributed by atoms with E-state index in [1.165, 1.54) is 18.3 Å². The SMILES string of the molecule is NC(=O)c1ncccc1OC[C@H]1CCCN1C(=O)c1ccc(Cl)c(F)c1. The van der Waals surface area contributed by atoms with E-state index in [9.17, 15) is 14.0 Å². The smallest absolute Gasteiger partial charge is 0.271 e. The Morgan fingerprint density at radius 1 is 1.38 bits per heavy atom. The second kappa shape index (κ2) is 7.70.